The Labute approximate surface area is 150 Å². The van der Waals surface area contributed by atoms with Gasteiger partial charge in [-0.15, -0.1) is 0 Å². The van der Waals surface area contributed by atoms with Crippen molar-refractivity contribution in [1.82, 2.24) is 0 Å². The Hall–Kier alpha value is -3.65. The lowest BCUT2D eigenvalue weighted by molar-refractivity contribution is 0.0698. The van der Waals surface area contributed by atoms with E-state index in [-0.39, 0.29) is 16.8 Å². The first kappa shape index (κ1) is 17.2. The minimum absolute atomic E-state index is 0.120. The molecule has 0 bridgehead atoms. The van der Waals surface area contributed by atoms with Crippen molar-refractivity contribution >= 4 is 28.3 Å². The number of fused-ring (bicyclic) bond motifs is 1. The number of carboxylic acid groups (broad SMARTS) is 1. The maximum absolute atomic E-state index is 12.5. The number of nitrogens with one attached hydrogen (secondary N) is 1. The molecule has 5 heteroatoms. The number of carbonyl (C=O) groups excluding carboxylic acids is 1. The first-order valence-electron chi connectivity index (χ1n) is 8.13. The molecule has 0 unspecified atom stereocenters. The van der Waals surface area contributed by atoms with Gasteiger partial charge in [0.05, 0.1) is 22.9 Å². The molecule has 2 N–H and O–H groups in total. The van der Waals surface area contributed by atoms with Crippen molar-refractivity contribution in [3.8, 4) is 6.07 Å². The third kappa shape index (κ3) is 3.40. The number of hydrogen-bond acceptors (Lipinski definition) is 3. The number of aromatic carboxylic acids is 1. The van der Waals surface area contributed by atoms with Crippen LogP contribution in [0.3, 0.4) is 0 Å². The Morgan fingerprint density at radius 2 is 1.77 bits per heavy atom. The Bertz CT molecular complexity index is 1060. The van der Waals surface area contributed by atoms with Crippen LogP contribution in [0.4, 0.5) is 5.69 Å². The topological polar surface area (TPSA) is 90.2 Å². The molecule has 0 spiro atoms. The standard InChI is InChI=1S/C21H16N2O3/c1-2-13-3-5-16-11-17(7-6-15(16)9-13)20(24)23-19-8-4-14(12-22)10-18(19)21(25)26/h3-11H,2H2,1H3,(H,23,24)(H,25,26). The minimum Gasteiger partial charge on any atom is -0.478 e. The monoisotopic (exact) mass is 344 g/mol. The van der Waals surface area contributed by atoms with E-state index in [2.05, 4.69) is 18.3 Å². The van der Waals surface area contributed by atoms with Crippen molar-refractivity contribution in [1.29, 1.82) is 5.26 Å². The third-order valence-corrected chi connectivity index (χ3v) is 4.20. The van der Waals surface area contributed by atoms with Gasteiger partial charge in [-0.2, -0.15) is 5.26 Å². The first-order chi connectivity index (χ1) is 12.5. The van der Waals surface area contributed by atoms with Crippen LogP contribution < -0.4 is 5.32 Å². The third-order valence-electron chi connectivity index (χ3n) is 4.20. The number of rotatable bonds is 4. The van der Waals surface area contributed by atoms with E-state index >= 15 is 0 Å². The molecular weight excluding hydrogens is 328 g/mol. The van der Waals surface area contributed by atoms with Crippen LogP contribution in [-0.4, -0.2) is 17.0 Å². The van der Waals surface area contributed by atoms with Gasteiger partial charge in [-0.3, -0.25) is 4.79 Å². The van der Waals surface area contributed by atoms with Gasteiger partial charge in [-0.05, 0) is 53.1 Å². The molecule has 0 aromatic heterocycles. The van der Waals surface area contributed by atoms with Gasteiger partial charge >= 0.3 is 5.97 Å². The Kier molecular flexibility index (Phi) is 4.68. The van der Waals surface area contributed by atoms with Crippen LogP contribution in [0.2, 0.25) is 0 Å². The molecule has 0 heterocycles. The molecular formula is C21H16N2O3. The zero-order valence-corrected chi connectivity index (χ0v) is 14.1. The average molecular weight is 344 g/mol. The second-order valence-corrected chi connectivity index (χ2v) is 5.88. The summed E-state index contributed by atoms with van der Waals surface area (Å²) in [5.74, 6) is -1.61. The Morgan fingerprint density at radius 3 is 2.46 bits per heavy atom. The second-order valence-electron chi connectivity index (χ2n) is 5.88. The predicted molar refractivity (Wildman–Crippen MR) is 99.4 cm³/mol. The van der Waals surface area contributed by atoms with Crippen molar-refractivity contribution in [2.45, 2.75) is 13.3 Å². The van der Waals surface area contributed by atoms with Crippen LogP contribution in [0, 0.1) is 11.3 Å². The fraction of sp³-hybridized carbons (Fsp3) is 0.0952. The van der Waals surface area contributed by atoms with Crippen LogP contribution in [0.1, 0.15) is 38.8 Å². The number of benzene rings is 3. The summed E-state index contributed by atoms with van der Waals surface area (Å²) in [6.07, 6.45) is 0.939. The van der Waals surface area contributed by atoms with Gasteiger partial charge in [0.15, 0.2) is 0 Å². The number of aryl methyl sites for hydroxylation is 1. The molecule has 0 fully saturated rings. The van der Waals surface area contributed by atoms with Crippen molar-refractivity contribution < 1.29 is 14.7 Å². The van der Waals surface area contributed by atoms with E-state index in [0.717, 1.165) is 17.2 Å². The number of anilines is 1. The van der Waals surface area contributed by atoms with Crippen LogP contribution in [0.5, 0.6) is 0 Å². The van der Waals surface area contributed by atoms with Gasteiger partial charge in [-0.1, -0.05) is 31.2 Å². The summed E-state index contributed by atoms with van der Waals surface area (Å²) in [5, 5.41) is 22.8. The van der Waals surface area contributed by atoms with Crippen LogP contribution in [-0.2, 0) is 6.42 Å². The molecule has 1 amide bonds. The number of nitriles is 1. The number of carbonyl (C=O) groups is 2. The quantitative estimate of drug-likeness (QED) is 0.741. The maximum atomic E-state index is 12.5. The van der Waals surface area contributed by atoms with Crippen LogP contribution in [0.25, 0.3) is 10.8 Å². The molecule has 0 aliphatic heterocycles. The molecule has 3 aromatic carbocycles. The summed E-state index contributed by atoms with van der Waals surface area (Å²) in [7, 11) is 0. The van der Waals surface area contributed by atoms with E-state index < -0.39 is 11.9 Å². The highest BCUT2D eigenvalue weighted by atomic mass is 16.4. The predicted octanol–water partition coefficient (Wildman–Crippen LogP) is 4.22. The van der Waals surface area contributed by atoms with E-state index in [9.17, 15) is 14.7 Å². The number of hydrogen-bond donors (Lipinski definition) is 2. The van der Waals surface area contributed by atoms with Gasteiger partial charge in [-0.25, -0.2) is 4.79 Å². The van der Waals surface area contributed by atoms with Crippen molar-refractivity contribution in [2.75, 3.05) is 5.32 Å². The van der Waals surface area contributed by atoms with Gasteiger partial charge < -0.3 is 10.4 Å². The summed E-state index contributed by atoms with van der Waals surface area (Å²) < 4.78 is 0. The van der Waals surface area contributed by atoms with Gasteiger partial charge in [0.25, 0.3) is 5.91 Å². The molecule has 0 atom stereocenters. The van der Waals surface area contributed by atoms with E-state index in [1.165, 1.54) is 23.8 Å². The summed E-state index contributed by atoms with van der Waals surface area (Å²) in [6.45, 7) is 2.08. The highest BCUT2D eigenvalue weighted by Gasteiger charge is 2.15. The zero-order valence-electron chi connectivity index (χ0n) is 14.1. The van der Waals surface area contributed by atoms with Crippen LogP contribution >= 0.6 is 0 Å². The molecule has 0 saturated heterocycles. The number of carboxylic acids is 1. The van der Waals surface area contributed by atoms with E-state index in [0.29, 0.717) is 5.56 Å². The second kappa shape index (κ2) is 7.08. The molecule has 0 radical (unpaired) electrons. The van der Waals surface area contributed by atoms with Gasteiger partial charge in [0, 0.05) is 5.56 Å². The summed E-state index contributed by atoms with van der Waals surface area (Å²) >= 11 is 0. The molecule has 3 aromatic rings. The lowest BCUT2D eigenvalue weighted by Gasteiger charge is -2.10. The molecule has 3 rings (SSSR count). The molecule has 0 saturated carbocycles. The van der Waals surface area contributed by atoms with Crippen LogP contribution in [0.15, 0.2) is 54.6 Å². The van der Waals surface area contributed by atoms with Gasteiger partial charge in [0.2, 0.25) is 0 Å². The number of amides is 1. The van der Waals surface area contributed by atoms with Crippen molar-refractivity contribution in [3.05, 3.63) is 76.9 Å². The van der Waals surface area contributed by atoms with E-state index in [1.54, 1.807) is 12.1 Å². The molecule has 0 aliphatic carbocycles. The largest absolute Gasteiger partial charge is 0.478 e. The Morgan fingerprint density at radius 1 is 1.04 bits per heavy atom. The highest BCUT2D eigenvalue weighted by Crippen LogP contribution is 2.21. The summed E-state index contributed by atoms with van der Waals surface area (Å²) in [6, 6.07) is 17.4. The average Bonchev–Trinajstić information content (AvgIpc) is 2.67. The van der Waals surface area contributed by atoms with Gasteiger partial charge in [0.1, 0.15) is 0 Å². The lowest BCUT2D eigenvalue weighted by atomic mass is 10.0. The minimum atomic E-state index is -1.21. The van der Waals surface area contributed by atoms with E-state index in [1.807, 2.05) is 24.3 Å². The molecule has 26 heavy (non-hydrogen) atoms. The lowest BCUT2D eigenvalue weighted by Crippen LogP contribution is -2.15. The smallest absolute Gasteiger partial charge is 0.337 e. The zero-order chi connectivity index (χ0) is 18.7. The highest BCUT2D eigenvalue weighted by molar-refractivity contribution is 6.09. The van der Waals surface area contributed by atoms with Crippen molar-refractivity contribution in [3.63, 3.8) is 0 Å². The summed E-state index contributed by atoms with van der Waals surface area (Å²) in [5.41, 5.74) is 1.91. The first-order valence-corrected chi connectivity index (χ1v) is 8.13. The summed E-state index contributed by atoms with van der Waals surface area (Å²) in [4.78, 5) is 23.9. The molecule has 0 aliphatic rings. The fourth-order valence-corrected chi connectivity index (χ4v) is 2.75. The van der Waals surface area contributed by atoms with E-state index in [4.69, 9.17) is 5.26 Å². The number of nitrogens with zero attached hydrogens (tertiary/aromatic N) is 1. The fourth-order valence-electron chi connectivity index (χ4n) is 2.75. The SMILES string of the molecule is CCc1ccc2cc(C(=O)Nc3ccc(C#N)cc3C(=O)O)ccc2c1. The normalized spacial score (nSPS) is 10.3. The Balaban J connectivity index is 1.92. The van der Waals surface area contributed by atoms with Crippen molar-refractivity contribution in [2.24, 2.45) is 0 Å². The maximum Gasteiger partial charge on any atom is 0.337 e. The molecule has 128 valence electrons. The molecule has 5 nitrogen and oxygen atoms in total.